The summed E-state index contributed by atoms with van der Waals surface area (Å²) in [5.74, 6) is 4.00. The Bertz CT molecular complexity index is 4210. The van der Waals surface area contributed by atoms with Crippen molar-refractivity contribution in [3.05, 3.63) is 170 Å². The number of nitrogens with zero attached hydrogens (tertiary/aromatic N) is 7. The fourth-order valence-electron chi connectivity index (χ4n) is 12.6. The normalized spacial score (nSPS) is 14.4. The van der Waals surface area contributed by atoms with Crippen molar-refractivity contribution >= 4 is 179 Å². The van der Waals surface area contributed by atoms with Crippen molar-refractivity contribution < 1.29 is 27.8 Å². The summed E-state index contributed by atoms with van der Waals surface area (Å²) in [5.41, 5.74) is 13.2. The molecule has 86 heavy (non-hydrogen) atoms. The van der Waals surface area contributed by atoms with E-state index in [4.69, 9.17) is 23.4 Å². The summed E-state index contributed by atoms with van der Waals surface area (Å²) in [7, 11) is -6.43. The van der Waals surface area contributed by atoms with Crippen LogP contribution in [0.25, 0.3) is 67.1 Å². The van der Waals surface area contributed by atoms with Gasteiger partial charge in [0.05, 0.1) is 63.6 Å². The quantitative estimate of drug-likeness (QED) is 0.185. The molecule has 0 spiro atoms. The van der Waals surface area contributed by atoms with Crippen LogP contribution in [0, 0.1) is 19.7 Å². The largest absolute Gasteiger partial charge is 0.650 e. The van der Waals surface area contributed by atoms with Crippen LogP contribution >= 0.6 is 0 Å². The van der Waals surface area contributed by atoms with E-state index in [0.29, 0.717) is 22.4 Å². The van der Waals surface area contributed by atoms with E-state index in [9.17, 15) is 4.39 Å². The summed E-state index contributed by atoms with van der Waals surface area (Å²) in [6.07, 6.45) is 14.1. The molecule has 0 N–H and O–H groups in total. The molecule has 0 amide bonds. The Labute approximate surface area is 546 Å². The smallest absolute Gasteiger partial charge is 0.494 e. The molecule has 0 unspecified atom stereocenters. The Balaban J connectivity index is 0.000000112. The number of aromatic nitrogens is 7. The molecule has 13 nitrogen and oxygen atoms in total. The van der Waals surface area contributed by atoms with Crippen LogP contribution in [0.1, 0.15) is 11.1 Å². The zero-order chi connectivity index (χ0) is 61.0. The molecular weight excluding hydrogens is 1220 g/mol. The Kier molecular flexibility index (Phi) is 17.6. The van der Waals surface area contributed by atoms with Crippen molar-refractivity contribution in [2.75, 3.05) is 0 Å². The van der Waals surface area contributed by atoms with Gasteiger partial charge < -0.3 is 23.4 Å². The third-order valence-electron chi connectivity index (χ3n) is 16.9. The Morgan fingerprint density at radius 2 is 0.826 bits per heavy atom. The first kappa shape index (κ1) is 61.6. The maximum atomic E-state index is 13.1. The maximum Gasteiger partial charge on any atom is 0.494 e. The van der Waals surface area contributed by atoms with E-state index >= 15 is 0 Å². The lowest BCUT2D eigenvalue weighted by molar-refractivity contribution is 0.611. The standard InChI is InChI=1S/C14H15NOSi.C13H13NOSi.C12H8FNO2.2C12H12N2OSi.5Al.5H/c1-9-7-10(16)13-12(8-9)17(2,3)11-5-4-6-15-14(11)13;1-16(2)10-6-3-5-9(15)12(10)13-11(16)7-4-8-14-13;1-6-2-8(15)11-9(3-6)16-10-4-7(13)5-14-12(10)11;1-16(2)9-4-3-5-14-12(9)11-8(15)6-13-7-10(11)16;1-16(2)9-5-3-4-8(15)11(9)12-10(16)6-13-7-14-12;;;;;;;;;;/h4-8,16H,1-3H3;3-8,15H,1-2H3;2-5,15H,1H3;2*3-7,15H,1-2H3;;;;;;;;;;/q;;;;;5*+1;;;;;/p-5. The van der Waals surface area contributed by atoms with Gasteiger partial charge in [0, 0.05) is 59.3 Å². The molecule has 0 bridgehead atoms. The van der Waals surface area contributed by atoms with Crippen LogP contribution in [0.15, 0.2) is 157 Å². The van der Waals surface area contributed by atoms with E-state index in [1.54, 1.807) is 12.5 Å². The number of halogens is 1. The first-order valence-electron chi connectivity index (χ1n) is 27.9. The number of fused-ring (bicyclic) bond motifs is 15. The lowest BCUT2D eigenvalue weighted by Gasteiger charge is -2.19. The minimum atomic E-state index is -1.63. The summed E-state index contributed by atoms with van der Waals surface area (Å²) in [4.78, 5) is 30.7. The highest BCUT2D eigenvalue weighted by Gasteiger charge is 2.43. The van der Waals surface area contributed by atoms with Crippen molar-refractivity contribution in [3.63, 3.8) is 0 Å². The van der Waals surface area contributed by atoms with Crippen molar-refractivity contribution in [2.45, 2.75) is 66.2 Å². The van der Waals surface area contributed by atoms with Crippen LogP contribution < -0.4 is 60.4 Å². The van der Waals surface area contributed by atoms with Gasteiger partial charge >= 0.3 is 83.1 Å². The van der Waals surface area contributed by atoms with Gasteiger partial charge in [0.25, 0.3) is 0 Å². The van der Waals surface area contributed by atoms with Gasteiger partial charge in [-0.1, -0.05) is 101 Å². The fourth-order valence-corrected chi connectivity index (χ4v) is 25.4. The fraction of sp³-hybridized carbons (Fsp3) is 0.159. The summed E-state index contributed by atoms with van der Waals surface area (Å²) >= 11 is 7.45. The van der Waals surface area contributed by atoms with E-state index in [1.165, 1.54) is 159 Å². The van der Waals surface area contributed by atoms with E-state index in [0.717, 1.165) is 62.3 Å². The molecule has 7 aromatic heterocycles. The first-order chi connectivity index (χ1) is 41.2. The molecule has 15 rings (SSSR count). The molecule has 23 heteroatoms. The molecular formula is C63H60Al5FN7O6Si4. The van der Waals surface area contributed by atoms with E-state index in [-0.39, 0.29) is 0 Å². The predicted molar refractivity (Wildman–Crippen MR) is 361 cm³/mol. The number of furan rings is 1. The van der Waals surface area contributed by atoms with E-state index in [2.05, 4.69) is 149 Å². The van der Waals surface area contributed by atoms with Gasteiger partial charge in [-0.2, -0.15) is 0 Å². The highest BCUT2D eigenvalue weighted by molar-refractivity contribution is 7.05. The molecule has 0 saturated carbocycles. The third kappa shape index (κ3) is 10.8. The second-order valence-corrected chi connectivity index (χ2v) is 42.3. The van der Waals surface area contributed by atoms with Gasteiger partial charge in [-0.15, -0.1) is 0 Å². The maximum absolute atomic E-state index is 13.1. The van der Waals surface area contributed by atoms with Crippen LogP contribution in [-0.2, 0) is 0 Å². The van der Waals surface area contributed by atoms with Gasteiger partial charge in [-0.25, -0.2) is 19.3 Å². The molecule has 0 saturated heterocycles. The third-order valence-corrected chi connectivity index (χ3v) is 32.5. The number of aryl methyl sites for hydroxylation is 2. The van der Waals surface area contributed by atoms with Crippen LogP contribution in [0.3, 0.4) is 0 Å². The average molecular weight is 1280 g/mol. The zero-order valence-electron chi connectivity index (χ0n) is 49.9. The summed E-state index contributed by atoms with van der Waals surface area (Å²) in [6.45, 7) is 23.0. The minimum Gasteiger partial charge on any atom is -0.650 e. The number of hydrogen-bond donors (Lipinski definition) is 0. The van der Waals surface area contributed by atoms with E-state index < -0.39 is 38.1 Å². The average Bonchev–Trinajstić information content (AvgIpc) is 1.73. The number of hydrogen-bond acceptors (Lipinski definition) is 13. The van der Waals surface area contributed by atoms with Gasteiger partial charge in [0.1, 0.15) is 61.3 Å². The second kappa shape index (κ2) is 24.5. The van der Waals surface area contributed by atoms with Crippen molar-refractivity contribution in [2.24, 2.45) is 0 Å². The van der Waals surface area contributed by atoms with Crippen LogP contribution in [0.2, 0.25) is 52.4 Å². The molecule has 11 heterocycles. The molecule has 0 aliphatic carbocycles. The molecule has 4 aliphatic heterocycles. The van der Waals surface area contributed by atoms with Crippen LogP contribution in [-0.4, -0.2) is 150 Å². The summed E-state index contributed by atoms with van der Waals surface area (Å²) in [6, 6.07) is 34.9. The second-order valence-electron chi connectivity index (χ2n) is 23.5. The number of rotatable bonds is 5. The predicted octanol–water partition coefficient (Wildman–Crippen LogP) is 6.04. The SMILES string of the molecule is C[Si]1(C)c2cccnc2-c2c([O][AlH])cccc21.C[Si]1(C)c2cccnc2-c2c([O][AlH])cncc21.C[Si]1(C)c2cncnc2-c2c([O][AlH])cccc21.Cc1cc([O][AlH])c2c(c1)[Si](C)(C)c1cccnc1-2.Cc1cc([O][AlH])c2c(c1)oc1cc(F)cnc12. The number of pyridine rings is 5. The van der Waals surface area contributed by atoms with Gasteiger partial charge in [-0.05, 0) is 115 Å². The first-order valence-corrected chi connectivity index (χ1v) is 42.8. The molecule has 5 radical (unpaired) electrons. The van der Waals surface area contributed by atoms with Crippen molar-refractivity contribution in [1.29, 1.82) is 0 Å². The highest BCUT2D eigenvalue weighted by Crippen LogP contribution is 2.39. The molecule has 4 aromatic carbocycles. The Morgan fingerprint density at radius 1 is 0.384 bits per heavy atom. The van der Waals surface area contributed by atoms with Gasteiger partial charge in [0.15, 0.2) is 5.58 Å². The topological polar surface area (TPSA) is 150 Å². The summed E-state index contributed by atoms with van der Waals surface area (Å²) < 4.78 is 46.1. The van der Waals surface area contributed by atoms with E-state index in [1.807, 2.05) is 80.4 Å². The van der Waals surface area contributed by atoms with Gasteiger partial charge in [0.2, 0.25) is 0 Å². The molecule has 421 valence electrons. The molecule has 11 aromatic rings. The van der Waals surface area contributed by atoms with Crippen molar-refractivity contribution in [1.82, 2.24) is 34.9 Å². The Morgan fingerprint density at radius 3 is 1.37 bits per heavy atom. The Hall–Kier alpha value is -6.03. The van der Waals surface area contributed by atoms with Crippen LogP contribution in [0.5, 0.6) is 28.7 Å². The van der Waals surface area contributed by atoms with Gasteiger partial charge in [-0.3, -0.25) is 19.9 Å². The van der Waals surface area contributed by atoms with Crippen LogP contribution in [0.4, 0.5) is 4.39 Å². The minimum absolute atomic E-state index is 0.408. The molecule has 4 aliphatic rings. The van der Waals surface area contributed by atoms with Crippen molar-refractivity contribution in [3.8, 4) is 73.8 Å². The molecule has 0 atom stereocenters. The zero-order valence-corrected chi connectivity index (χ0v) is 61.0. The molecule has 0 fully saturated rings. The lowest BCUT2D eigenvalue weighted by atomic mass is 10.1. The summed E-state index contributed by atoms with van der Waals surface area (Å²) in [5, 5.41) is 11.9. The number of benzene rings is 4. The highest BCUT2D eigenvalue weighted by atomic mass is 28.3. The lowest BCUT2D eigenvalue weighted by Crippen LogP contribution is -2.49. The monoisotopic (exact) mass is 1280 g/mol.